The van der Waals surface area contributed by atoms with Crippen molar-refractivity contribution in [3.05, 3.63) is 0 Å². The van der Waals surface area contributed by atoms with Gasteiger partial charge in [0.1, 0.15) is 0 Å². The van der Waals surface area contributed by atoms with Gasteiger partial charge in [0.2, 0.25) is 5.91 Å². The molecule has 1 aliphatic rings. The largest absolute Gasteiger partial charge is 0.317 e. The highest BCUT2D eigenvalue weighted by atomic mass is 16.7. The molecule has 1 saturated carbocycles. The predicted molar refractivity (Wildman–Crippen MR) is 63.8 cm³/mol. The number of rotatable bonds is 3. The van der Waals surface area contributed by atoms with Crippen molar-refractivity contribution >= 4 is 5.91 Å². The molecule has 0 bridgehead atoms. The second-order valence-corrected chi connectivity index (χ2v) is 5.56. The van der Waals surface area contributed by atoms with Gasteiger partial charge in [0.15, 0.2) is 0 Å². The Kier molecular flexibility index (Phi) is 4.74. The van der Waals surface area contributed by atoms with Gasteiger partial charge < -0.3 is 5.32 Å². The molecule has 2 N–H and O–H groups in total. The summed E-state index contributed by atoms with van der Waals surface area (Å²) in [5.74, 6) is -0.0526. The number of amides is 1. The smallest absolute Gasteiger partial charge is 0.248 e. The van der Waals surface area contributed by atoms with Crippen molar-refractivity contribution in [1.82, 2.24) is 10.8 Å². The summed E-state index contributed by atoms with van der Waals surface area (Å²) in [7, 11) is 1.99. The van der Waals surface area contributed by atoms with E-state index in [4.69, 9.17) is 4.84 Å². The highest BCUT2D eigenvalue weighted by Gasteiger charge is 2.25. The third kappa shape index (κ3) is 4.10. The van der Waals surface area contributed by atoms with Crippen LogP contribution in [0.25, 0.3) is 0 Å². The van der Waals surface area contributed by atoms with Gasteiger partial charge in [-0.25, -0.2) is 5.48 Å². The standard InChI is InChI=1S/C12H24N2O2/c1-12(2,3)11(15)14-16-10-7-5-9(13-4)6-8-10/h9-10,13H,5-8H2,1-4H3,(H,14,15). The molecule has 1 aliphatic carbocycles. The molecule has 4 heteroatoms. The van der Waals surface area contributed by atoms with Gasteiger partial charge in [-0.15, -0.1) is 0 Å². The molecule has 0 saturated heterocycles. The molecule has 4 nitrogen and oxygen atoms in total. The summed E-state index contributed by atoms with van der Waals surface area (Å²) >= 11 is 0. The van der Waals surface area contributed by atoms with Crippen LogP contribution in [0.15, 0.2) is 0 Å². The van der Waals surface area contributed by atoms with E-state index in [0.717, 1.165) is 25.7 Å². The van der Waals surface area contributed by atoms with Crippen molar-refractivity contribution in [3.63, 3.8) is 0 Å². The minimum atomic E-state index is -0.387. The van der Waals surface area contributed by atoms with Gasteiger partial charge in [-0.3, -0.25) is 9.63 Å². The first kappa shape index (κ1) is 13.5. The molecule has 0 aliphatic heterocycles. The van der Waals surface area contributed by atoms with Crippen molar-refractivity contribution in [2.75, 3.05) is 7.05 Å². The molecular formula is C12H24N2O2. The SMILES string of the molecule is CNC1CCC(ONC(=O)C(C)(C)C)CC1. The molecule has 0 atom stereocenters. The van der Waals surface area contributed by atoms with Crippen LogP contribution >= 0.6 is 0 Å². The summed E-state index contributed by atoms with van der Waals surface area (Å²) in [6, 6.07) is 0.609. The van der Waals surface area contributed by atoms with Crippen molar-refractivity contribution in [2.24, 2.45) is 5.41 Å². The normalized spacial score (nSPS) is 26.5. The zero-order valence-corrected chi connectivity index (χ0v) is 10.8. The molecular weight excluding hydrogens is 204 g/mol. The van der Waals surface area contributed by atoms with Crippen LogP contribution in [0.1, 0.15) is 46.5 Å². The van der Waals surface area contributed by atoms with E-state index < -0.39 is 0 Å². The van der Waals surface area contributed by atoms with E-state index in [-0.39, 0.29) is 17.4 Å². The fourth-order valence-electron chi connectivity index (χ4n) is 1.76. The molecule has 0 aromatic heterocycles. The Balaban J connectivity index is 2.22. The first-order valence-corrected chi connectivity index (χ1v) is 6.07. The van der Waals surface area contributed by atoms with Crippen molar-refractivity contribution in [3.8, 4) is 0 Å². The Morgan fingerprint density at radius 3 is 2.19 bits per heavy atom. The van der Waals surface area contributed by atoms with Crippen LogP contribution in [0.3, 0.4) is 0 Å². The van der Waals surface area contributed by atoms with Crippen molar-refractivity contribution in [1.29, 1.82) is 0 Å². The van der Waals surface area contributed by atoms with Crippen LogP contribution in [-0.2, 0) is 9.63 Å². The fourth-order valence-corrected chi connectivity index (χ4v) is 1.76. The van der Waals surface area contributed by atoms with Crippen LogP contribution < -0.4 is 10.8 Å². The van der Waals surface area contributed by atoms with E-state index in [2.05, 4.69) is 10.8 Å². The lowest BCUT2D eigenvalue weighted by Gasteiger charge is -2.28. The molecule has 0 aromatic rings. The van der Waals surface area contributed by atoms with Crippen LogP contribution in [0.5, 0.6) is 0 Å². The molecule has 16 heavy (non-hydrogen) atoms. The summed E-state index contributed by atoms with van der Waals surface area (Å²) in [4.78, 5) is 17.0. The number of hydroxylamine groups is 1. The molecule has 1 fully saturated rings. The third-order valence-corrected chi connectivity index (χ3v) is 3.08. The maximum Gasteiger partial charge on any atom is 0.248 e. The lowest BCUT2D eigenvalue weighted by atomic mass is 9.93. The number of carbonyl (C=O) groups excluding carboxylic acids is 1. The topological polar surface area (TPSA) is 50.4 Å². The first-order chi connectivity index (χ1) is 7.43. The molecule has 94 valence electrons. The van der Waals surface area contributed by atoms with Gasteiger partial charge in [0.05, 0.1) is 6.10 Å². The summed E-state index contributed by atoms with van der Waals surface area (Å²) in [5, 5.41) is 3.27. The van der Waals surface area contributed by atoms with Crippen LogP contribution in [0, 0.1) is 5.41 Å². The maximum absolute atomic E-state index is 11.6. The van der Waals surface area contributed by atoms with Crippen LogP contribution in [-0.4, -0.2) is 25.1 Å². The van der Waals surface area contributed by atoms with Gasteiger partial charge in [0.25, 0.3) is 0 Å². The van der Waals surface area contributed by atoms with Crippen molar-refractivity contribution in [2.45, 2.75) is 58.6 Å². The van der Waals surface area contributed by atoms with Gasteiger partial charge >= 0.3 is 0 Å². The predicted octanol–water partition coefficient (Wildman–Crippen LogP) is 1.61. The second kappa shape index (κ2) is 5.64. The highest BCUT2D eigenvalue weighted by molar-refractivity contribution is 5.80. The van der Waals surface area contributed by atoms with E-state index in [0.29, 0.717) is 6.04 Å². The third-order valence-electron chi connectivity index (χ3n) is 3.08. The molecule has 0 radical (unpaired) electrons. The lowest BCUT2D eigenvalue weighted by molar-refractivity contribution is -0.148. The molecule has 1 rings (SSSR count). The van der Waals surface area contributed by atoms with E-state index >= 15 is 0 Å². The minimum Gasteiger partial charge on any atom is -0.317 e. The Hall–Kier alpha value is -0.610. The van der Waals surface area contributed by atoms with E-state index in [1.165, 1.54) is 0 Å². The molecule has 0 spiro atoms. The highest BCUT2D eigenvalue weighted by Crippen LogP contribution is 2.21. The van der Waals surface area contributed by atoms with E-state index in [9.17, 15) is 4.79 Å². The van der Waals surface area contributed by atoms with E-state index in [1.807, 2.05) is 27.8 Å². The zero-order chi connectivity index (χ0) is 12.2. The van der Waals surface area contributed by atoms with Gasteiger partial charge in [-0.1, -0.05) is 20.8 Å². The van der Waals surface area contributed by atoms with Gasteiger partial charge in [0, 0.05) is 11.5 Å². The Morgan fingerprint density at radius 1 is 1.19 bits per heavy atom. The van der Waals surface area contributed by atoms with Crippen molar-refractivity contribution < 1.29 is 9.63 Å². The molecule has 0 heterocycles. The Morgan fingerprint density at radius 2 is 1.75 bits per heavy atom. The number of carbonyl (C=O) groups is 1. The zero-order valence-electron chi connectivity index (χ0n) is 10.8. The Labute approximate surface area is 98.1 Å². The quantitative estimate of drug-likeness (QED) is 0.722. The summed E-state index contributed by atoms with van der Waals surface area (Å²) in [6.07, 6.45) is 4.43. The fraction of sp³-hybridized carbons (Fsp3) is 0.917. The summed E-state index contributed by atoms with van der Waals surface area (Å²) in [5.41, 5.74) is 2.18. The number of hydrogen-bond acceptors (Lipinski definition) is 3. The molecule has 0 aromatic carbocycles. The van der Waals surface area contributed by atoms with E-state index in [1.54, 1.807) is 0 Å². The minimum absolute atomic E-state index is 0.0526. The second-order valence-electron chi connectivity index (χ2n) is 5.56. The number of nitrogens with one attached hydrogen (secondary N) is 2. The number of hydrogen-bond donors (Lipinski definition) is 2. The van der Waals surface area contributed by atoms with Crippen LogP contribution in [0.4, 0.5) is 0 Å². The summed E-state index contributed by atoms with van der Waals surface area (Å²) in [6.45, 7) is 5.64. The summed E-state index contributed by atoms with van der Waals surface area (Å²) < 4.78 is 0. The molecule has 1 amide bonds. The van der Waals surface area contributed by atoms with Gasteiger partial charge in [-0.05, 0) is 32.7 Å². The maximum atomic E-state index is 11.6. The van der Waals surface area contributed by atoms with Gasteiger partial charge in [-0.2, -0.15) is 0 Å². The average molecular weight is 228 g/mol. The Bertz CT molecular complexity index is 228. The lowest BCUT2D eigenvalue weighted by Crippen LogP contribution is -2.40. The average Bonchev–Trinajstić information content (AvgIpc) is 2.25. The first-order valence-electron chi connectivity index (χ1n) is 6.07. The molecule has 0 unspecified atom stereocenters. The monoisotopic (exact) mass is 228 g/mol. The van der Waals surface area contributed by atoms with Crippen LogP contribution in [0.2, 0.25) is 0 Å².